The Kier molecular flexibility index (Phi) is 4.67. The van der Waals surface area contributed by atoms with Crippen molar-refractivity contribution in [3.8, 4) is 0 Å². The van der Waals surface area contributed by atoms with Crippen molar-refractivity contribution in [2.75, 3.05) is 11.5 Å². The van der Waals surface area contributed by atoms with E-state index in [4.69, 9.17) is 11.5 Å². The highest BCUT2D eigenvalue weighted by atomic mass is 15.1. The molecule has 0 aliphatic carbocycles. The van der Waals surface area contributed by atoms with Crippen LogP contribution in [0.25, 0.3) is 11.1 Å². The molecule has 0 bridgehead atoms. The number of rotatable bonds is 4. The first-order valence-electron chi connectivity index (χ1n) is 8.47. The van der Waals surface area contributed by atoms with E-state index in [1.165, 1.54) is 12.7 Å². The summed E-state index contributed by atoms with van der Waals surface area (Å²) in [5.74, 6) is 1.08. The van der Waals surface area contributed by atoms with Crippen molar-refractivity contribution in [3.63, 3.8) is 0 Å². The second-order valence-corrected chi connectivity index (χ2v) is 5.82. The van der Waals surface area contributed by atoms with Gasteiger partial charge in [0.15, 0.2) is 11.6 Å². The van der Waals surface area contributed by atoms with Crippen LogP contribution in [0.1, 0.15) is 22.8 Å². The maximum atomic E-state index is 5.83. The van der Waals surface area contributed by atoms with Crippen LogP contribution in [0.5, 0.6) is 0 Å². The molecule has 0 aliphatic rings. The number of hydrogen-bond acceptors (Lipinski definition) is 8. The van der Waals surface area contributed by atoms with Gasteiger partial charge in [0.25, 0.3) is 0 Å². The zero-order valence-corrected chi connectivity index (χ0v) is 14.8. The van der Waals surface area contributed by atoms with Gasteiger partial charge in [0, 0.05) is 11.1 Å². The summed E-state index contributed by atoms with van der Waals surface area (Å²) in [6.07, 6.45) is 2.76. The van der Waals surface area contributed by atoms with E-state index >= 15 is 0 Å². The summed E-state index contributed by atoms with van der Waals surface area (Å²) in [5.41, 5.74) is 14.8. The van der Waals surface area contributed by atoms with Gasteiger partial charge in [0.1, 0.15) is 12.7 Å². The topological polar surface area (TPSA) is 129 Å². The van der Waals surface area contributed by atoms with Crippen LogP contribution in [-0.2, 0) is 0 Å². The van der Waals surface area contributed by atoms with Crippen molar-refractivity contribution in [2.45, 2.75) is 0 Å². The molecule has 4 N–H and O–H groups in total. The number of nitrogen functional groups attached to an aromatic ring is 2. The maximum absolute atomic E-state index is 5.83. The zero-order valence-electron chi connectivity index (χ0n) is 14.8. The fraction of sp³-hybridized carbons (Fsp3) is 0. The highest BCUT2D eigenvalue weighted by Gasteiger charge is 2.20. The number of hydrogen-bond donors (Lipinski definition) is 2. The predicted molar refractivity (Wildman–Crippen MR) is 106 cm³/mol. The highest BCUT2D eigenvalue weighted by molar-refractivity contribution is 6.01. The van der Waals surface area contributed by atoms with E-state index in [1.807, 2.05) is 60.7 Å². The summed E-state index contributed by atoms with van der Waals surface area (Å²) in [4.78, 5) is 25.2. The van der Waals surface area contributed by atoms with E-state index in [1.54, 1.807) is 0 Å². The molecule has 0 amide bonds. The Morgan fingerprint density at radius 3 is 1.29 bits per heavy atom. The highest BCUT2D eigenvalue weighted by Crippen LogP contribution is 2.33. The van der Waals surface area contributed by atoms with Crippen LogP contribution in [0.15, 0.2) is 73.3 Å². The van der Waals surface area contributed by atoms with Gasteiger partial charge in [-0.2, -0.15) is 9.97 Å². The molecule has 4 aromatic rings. The van der Waals surface area contributed by atoms with E-state index in [9.17, 15) is 0 Å². The van der Waals surface area contributed by atoms with Gasteiger partial charge in [-0.3, -0.25) is 0 Å². The molecule has 2 heterocycles. The van der Waals surface area contributed by atoms with Gasteiger partial charge < -0.3 is 11.5 Å². The molecule has 2 aromatic carbocycles. The Morgan fingerprint density at radius 2 is 0.929 bits per heavy atom. The predicted octanol–water partition coefficient (Wildman–Crippen LogP) is 2.23. The fourth-order valence-electron chi connectivity index (χ4n) is 2.84. The molecule has 0 fully saturated rings. The van der Waals surface area contributed by atoms with Crippen molar-refractivity contribution in [2.24, 2.45) is 0 Å². The fourth-order valence-corrected chi connectivity index (χ4v) is 2.84. The molecule has 8 heteroatoms. The third-order valence-corrected chi connectivity index (χ3v) is 4.00. The second-order valence-electron chi connectivity index (χ2n) is 5.82. The lowest BCUT2D eigenvalue weighted by atomic mass is 9.93. The molecule has 8 nitrogen and oxygen atoms in total. The number of anilines is 2. The standard InChI is InChI=1S/C20H16N8/c21-19-25-11-23-17(27-19)15(13-7-3-1-4-8-13)16(14-9-5-2-6-10-14)18-24-12-26-20(22)28-18/h1-12H,(H2,21,23,25,27)(H2,22,24,26,28). The van der Waals surface area contributed by atoms with Crippen LogP contribution < -0.4 is 11.5 Å². The van der Waals surface area contributed by atoms with Crippen molar-refractivity contribution in [1.82, 2.24) is 29.9 Å². The SMILES string of the molecule is Nc1ncnc(C(=C(c2ccccc2)c2ncnc(N)n2)c2ccccc2)n1. The van der Waals surface area contributed by atoms with Crippen LogP contribution in [-0.4, -0.2) is 29.9 Å². The number of nitrogens with zero attached hydrogens (tertiary/aromatic N) is 6. The molecule has 0 saturated carbocycles. The van der Waals surface area contributed by atoms with Crippen LogP contribution in [0.2, 0.25) is 0 Å². The summed E-state index contributed by atoms with van der Waals surface area (Å²) in [6.45, 7) is 0. The van der Waals surface area contributed by atoms with E-state index in [0.29, 0.717) is 22.8 Å². The van der Waals surface area contributed by atoms with Crippen LogP contribution >= 0.6 is 0 Å². The Balaban J connectivity index is 2.11. The van der Waals surface area contributed by atoms with Crippen molar-refractivity contribution < 1.29 is 0 Å². The molecular formula is C20H16N8. The zero-order chi connectivity index (χ0) is 19.3. The first-order chi connectivity index (χ1) is 13.7. The largest absolute Gasteiger partial charge is 0.368 e. The molecule has 0 radical (unpaired) electrons. The van der Waals surface area contributed by atoms with Crippen LogP contribution in [0.4, 0.5) is 11.9 Å². The molecule has 0 saturated heterocycles. The molecule has 2 aromatic heterocycles. The lowest BCUT2D eigenvalue weighted by Gasteiger charge is -2.15. The van der Waals surface area contributed by atoms with E-state index < -0.39 is 0 Å². The Morgan fingerprint density at radius 1 is 0.536 bits per heavy atom. The Hall–Kier alpha value is -4.20. The van der Waals surface area contributed by atoms with Crippen molar-refractivity contribution >= 4 is 23.0 Å². The molecule has 0 atom stereocenters. The van der Waals surface area contributed by atoms with E-state index in [-0.39, 0.29) is 11.9 Å². The van der Waals surface area contributed by atoms with Crippen LogP contribution in [0, 0.1) is 0 Å². The maximum Gasteiger partial charge on any atom is 0.223 e. The summed E-state index contributed by atoms with van der Waals surface area (Å²) < 4.78 is 0. The summed E-state index contributed by atoms with van der Waals surface area (Å²) in [5, 5.41) is 0. The molecule has 0 aliphatic heterocycles. The first kappa shape index (κ1) is 17.2. The lowest BCUT2D eigenvalue weighted by Crippen LogP contribution is -2.08. The van der Waals surface area contributed by atoms with Gasteiger partial charge >= 0.3 is 0 Å². The number of benzene rings is 2. The van der Waals surface area contributed by atoms with Gasteiger partial charge in [-0.05, 0) is 11.1 Å². The average Bonchev–Trinajstić information content (AvgIpc) is 2.73. The van der Waals surface area contributed by atoms with Gasteiger partial charge in [-0.1, -0.05) is 60.7 Å². The Labute approximate surface area is 161 Å². The molecule has 136 valence electrons. The van der Waals surface area contributed by atoms with E-state index in [2.05, 4.69) is 29.9 Å². The molecule has 0 unspecified atom stereocenters. The minimum atomic E-state index is 0.126. The van der Waals surface area contributed by atoms with Gasteiger partial charge in [0.2, 0.25) is 11.9 Å². The quantitative estimate of drug-likeness (QED) is 0.525. The lowest BCUT2D eigenvalue weighted by molar-refractivity contribution is 1.02. The molecular weight excluding hydrogens is 352 g/mol. The summed E-state index contributed by atoms with van der Waals surface area (Å²) in [7, 11) is 0. The average molecular weight is 368 g/mol. The first-order valence-corrected chi connectivity index (χ1v) is 8.47. The van der Waals surface area contributed by atoms with Gasteiger partial charge in [0.05, 0.1) is 0 Å². The van der Waals surface area contributed by atoms with Gasteiger partial charge in [-0.15, -0.1) is 0 Å². The smallest absolute Gasteiger partial charge is 0.223 e. The summed E-state index contributed by atoms with van der Waals surface area (Å²) in [6, 6.07) is 19.5. The van der Waals surface area contributed by atoms with E-state index in [0.717, 1.165) is 11.1 Å². The monoisotopic (exact) mass is 368 g/mol. The van der Waals surface area contributed by atoms with Crippen molar-refractivity contribution in [3.05, 3.63) is 96.1 Å². The minimum absolute atomic E-state index is 0.126. The summed E-state index contributed by atoms with van der Waals surface area (Å²) >= 11 is 0. The molecule has 0 spiro atoms. The number of aromatic nitrogens is 6. The number of nitrogens with two attached hydrogens (primary N) is 2. The molecule has 28 heavy (non-hydrogen) atoms. The minimum Gasteiger partial charge on any atom is -0.368 e. The normalized spacial score (nSPS) is 11.7. The third kappa shape index (κ3) is 3.51. The Bertz CT molecular complexity index is 1040. The second kappa shape index (κ2) is 7.58. The van der Waals surface area contributed by atoms with Gasteiger partial charge in [-0.25, -0.2) is 19.9 Å². The van der Waals surface area contributed by atoms with Crippen LogP contribution in [0.3, 0.4) is 0 Å². The van der Waals surface area contributed by atoms with Crippen molar-refractivity contribution in [1.29, 1.82) is 0 Å². The molecule has 4 rings (SSSR count). The third-order valence-electron chi connectivity index (χ3n) is 4.00.